The molecule has 1 N–H and O–H groups in total. The van der Waals surface area contributed by atoms with Crippen LogP contribution in [0.1, 0.15) is 37.3 Å². The lowest BCUT2D eigenvalue weighted by Gasteiger charge is -2.45. The molecule has 0 aromatic heterocycles. The molecule has 0 heterocycles. The van der Waals surface area contributed by atoms with E-state index in [1.807, 2.05) is 24.3 Å². The first-order valence-electron chi connectivity index (χ1n) is 7.28. The van der Waals surface area contributed by atoms with Crippen molar-refractivity contribution in [3.8, 4) is 6.07 Å². The minimum Gasteiger partial charge on any atom is -0.388 e. The van der Waals surface area contributed by atoms with Crippen LogP contribution in [0.15, 0.2) is 24.3 Å². The van der Waals surface area contributed by atoms with Gasteiger partial charge in [0.25, 0.3) is 0 Å². The first-order chi connectivity index (χ1) is 10.0. The van der Waals surface area contributed by atoms with Gasteiger partial charge in [-0.25, -0.2) is 0 Å². The van der Waals surface area contributed by atoms with E-state index in [2.05, 4.69) is 6.07 Å². The molecule has 0 radical (unpaired) electrons. The zero-order valence-corrected chi connectivity index (χ0v) is 12.9. The van der Waals surface area contributed by atoms with Gasteiger partial charge < -0.3 is 14.6 Å². The molecule has 0 saturated carbocycles. The fourth-order valence-corrected chi connectivity index (χ4v) is 3.39. The van der Waals surface area contributed by atoms with E-state index < -0.39 is 17.3 Å². The van der Waals surface area contributed by atoms with E-state index in [-0.39, 0.29) is 6.42 Å². The summed E-state index contributed by atoms with van der Waals surface area (Å²) in [5.41, 5.74) is -0.0572. The standard InChI is InChI=1S/C17H23NO3/c1-16(19,11-15(20-2)21-3)17(12-18)10-6-8-13-7-4-5-9-14(13)17/h4-5,7,9,15,19H,6,8,10-11H2,1-3H3. The summed E-state index contributed by atoms with van der Waals surface area (Å²) < 4.78 is 10.4. The molecule has 1 aromatic carbocycles. The third kappa shape index (κ3) is 2.69. The van der Waals surface area contributed by atoms with Crippen molar-refractivity contribution >= 4 is 0 Å². The van der Waals surface area contributed by atoms with Gasteiger partial charge in [-0.15, -0.1) is 0 Å². The first-order valence-corrected chi connectivity index (χ1v) is 7.28. The second kappa shape index (κ2) is 6.15. The van der Waals surface area contributed by atoms with E-state index in [0.717, 1.165) is 24.0 Å². The Morgan fingerprint density at radius 1 is 1.38 bits per heavy atom. The highest BCUT2D eigenvalue weighted by Gasteiger charge is 2.51. The lowest BCUT2D eigenvalue weighted by atomic mass is 9.61. The fourth-order valence-electron chi connectivity index (χ4n) is 3.39. The van der Waals surface area contributed by atoms with Crippen molar-refractivity contribution in [3.63, 3.8) is 0 Å². The Balaban J connectivity index is 2.45. The smallest absolute Gasteiger partial charge is 0.159 e. The minimum atomic E-state index is -1.23. The molecule has 0 saturated heterocycles. The third-order valence-corrected chi connectivity index (χ3v) is 4.68. The van der Waals surface area contributed by atoms with E-state index in [1.54, 1.807) is 6.92 Å². The van der Waals surface area contributed by atoms with Crippen molar-refractivity contribution in [3.05, 3.63) is 35.4 Å². The highest BCUT2D eigenvalue weighted by Crippen LogP contribution is 2.46. The summed E-state index contributed by atoms with van der Waals surface area (Å²) in [5.74, 6) is 0. The SMILES string of the molecule is COC(CC(C)(O)C1(C#N)CCCc2ccccc21)OC. The predicted octanol–water partition coefficient (Wildman–Crippen LogP) is 2.54. The summed E-state index contributed by atoms with van der Waals surface area (Å²) in [4.78, 5) is 0. The summed E-state index contributed by atoms with van der Waals surface area (Å²) in [6.07, 6.45) is 2.22. The van der Waals surface area contributed by atoms with Crippen molar-refractivity contribution in [1.82, 2.24) is 0 Å². The van der Waals surface area contributed by atoms with E-state index in [1.165, 1.54) is 14.2 Å². The zero-order valence-electron chi connectivity index (χ0n) is 12.9. The van der Waals surface area contributed by atoms with E-state index in [4.69, 9.17) is 9.47 Å². The predicted molar refractivity (Wildman–Crippen MR) is 79.7 cm³/mol. The number of hydrogen-bond donors (Lipinski definition) is 1. The molecule has 114 valence electrons. The van der Waals surface area contributed by atoms with Gasteiger partial charge in [0.2, 0.25) is 0 Å². The van der Waals surface area contributed by atoms with Gasteiger partial charge in [0.1, 0.15) is 5.41 Å². The number of aryl methyl sites for hydroxylation is 1. The largest absolute Gasteiger partial charge is 0.388 e. The molecule has 0 aliphatic heterocycles. The first kappa shape index (κ1) is 16.0. The average Bonchev–Trinajstić information content (AvgIpc) is 2.51. The van der Waals surface area contributed by atoms with Crippen molar-refractivity contribution in [2.24, 2.45) is 0 Å². The summed E-state index contributed by atoms with van der Waals surface area (Å²) in [6.45, 7) is 1.71. The van der Waals surface area contributed by atoms with E-state index in [9.17, 15) is 10.4 Å². The van der Waals surface area contributed by atoms with Crippen LogP contribution in [-0.2, 0) is 21.3 Å². The molecule has 4 nitrogen and oxygen atoms in total. The molecular weight excluding hydrogens is 266 g/mol. The molecule has 21 heavy (non-hydrogen) atoms. The topological polar surface area (TPSA) is 62.5 Å². The number of nitriles is 1. The quantitative estimate of drug-likeness (QED) is 0.846. The van der Waals surface area contributed by atoms with Crippen LogP contribution in [0.3, 0.4) is 0 Å². The number of fused-ring (bicyclic) bond motifs is 1. The molecule has 1 aliphatic rings. The van der Waals surface area contributed by atoms with Gasteiger partial charge in [-0.1, -0.05) is 24.3 Å². The Bertz CT molecular complexity index is 531. The molecule has 0 fully saturated rings. The summed E-state index contributed by atoms with van der Waals surface area (Å²) in [7, 11) is 3.08. The van der Waals surface area contributed by atoms with Crippen LogP contribution in [0.4, 0.5) is 0 Å². The van der Waals surface area contributed by atoms with Crippen LogP contribution in [0, 0.1) is 11.3 Å². The van der Waals surface area contributed by atoms with Gasteiger partial charge in [-0.3, -0.25) is 0 Å². The van der Waals surface area contributed by atoms with Crippen molar-refractivity contribution in [2.45, 2.75) is 49.9 Å². The molecule has 2 atom stereocenters. The van der Waals surface area contributed by atoms with Crippen LogP contribution in [-0.4, -0.2) is 31.2 Å². The van der Waals surface area contributed by atoms with Crippen molar-refractivity contribution < 1.29 is 14.6 Å². The fraction of sp³-hybridized carbons (Fsp3) is 0.588. The van der Waals surface area contributed by atoms with Crippen LogP contribution < -0.4 is 0 Å². The normalized spacial score (nSPS) is 24.2. The number of rotatable bonds is 5. The van der Waals surface area contributed by atoms with Crippen LogP contribution in [0.2, 0.25) is 0 Å². The van der Waals surface area contributed by atoms with Crippen LogP contribution >= 0.6 is 0 Å². The summed E-state index contributed by atoms with van der Waals surface area (Å²) >= 11 is 0. The van der Waals surface area contributed by atoms with Crippen molar-refractivity contribution in [2.75, 3.05) is 14.2 Å². The lowest BCUT2D eigenvalue weighted by molar-refractivity contribution is -0.152. The van der Waals surface area contributed by atoms with Gasteiger partial charge in [-0.2, -0.15) is 5.26 Å². The van der Waals surface area contributed by atoms with Gasteiger partial charge in [-0.05, 0) is 37.3 Å². The number of ether oxygens (including phenoxy) is 2. The molecule has 2 unspecified atom stereocenters. The van der Waals surface area contributed by atoms with Gasteiger partial charge in [0.05, 0.1) is 11.7 Å². The van der Waals surface area contributed by atoms with E-state index in [0.29, 0.717) is 6.42 Å². The molecular formula is C17H23NO3. The van der Waals surface area contributed by atoms with Gasteiger partial charge in [0.15, 0.2) is 6.29 Å². The zero-order chi connectivity index (χ0) is 15.5. The van der Waals surface area contributed by atoms with Crippen LogP contribution in [0.5, 0.6) is 0 Å². The lowest BCUT2D eigenvalue weighted by Crippen LogP contribution is -2.52. The highest BCUT2D eigenvalue weighted by molar-refractivity contribution is 5.44. The Hall–Kier alpha value is -1.41. The molecule has 0 amide bonds. The molecule has 0 bridgehead atoms. The van der Waals surface area contributed by atoms with Crippen LogP contribution in [0.25, 0.3) is 0 Å². The molecule has 0 spiro atoms. The Labute approximate surface area is 126 Å². The molecule has 4 heteroatoms. The number of aliphatic hydroxyl groups is 1. The third-order valence-electron chi connectivity index (χ3n) is 4.68. The maximum atomic E-state index is 11.1. The maximum Gasteiger partial charge on any atom is 0.159 e. The maximum absolute atomic E-state index is 11.1. The summed E-state index contributed by atoms with van der Waals surface area (Å²) in [5, 5.41) is 21.0. The molecule has 1 aromatic rings. The number of nitrogens with zero attached hydrogens (tertiary/aromatic N) is 1. The Kier molecular flexibility index (Phi) is 4.67. The van der Waals surface area contributed by atoms with Crippen molar-refractivity contribution in [1.29, 1.82) is 5.26 Å². The van der Waals surface area contributed by atoms with Gasteiger partial charge in [0, 0.05) is 20.6 Å². The Morgan fingerprint density at radius 3 is 2.67 bits per heavy atom. The molecule has 2 rings (SSSR count). The molecule has 1 aliphatic carbocycles. The van der Waals surface area contributed by atoms with E-state index >= 15 is 0 Å². The average molecular weight is 289 g/mol. The number of benzene rings is 1. The Morgan fingerprint density at radius 2 is 2.05 bits per heavy atom. The minimum absolute atomic E-state index is 0.252. The second-order valence-corrected chi connectivity index (χ2v) is 5.91. The second-order valence-electron chi connectivity index (χ2n) is 5.91. The highest BCUT2D eigenvalue weighted by atomic mass is 16.7. The monoisotopic (exact) mass is 289 g/mol. The van der Waals surface area contributed by atoms with Gasteiger partial charge >= 0.3 is 0 Å². The summed E-state index contributed by atoms with van der Waals surface area (Å²) in [6, 6.07) is 10.3. The number of methoxy groups -OCH3 is 2. The number of hydrogen-bond acceptors (Lipinski definition) is 4.